The van der Waals surface area contributed by atoms with Crippen molar-refractivity contribution in [2.24, 2.45) is 0 Å². The summed E-state index contributed by atoms with van der Waals surface area (Å²) in [6, 6.07) is 11.6. The van der Waals surface area contributed by atoms with Crippen LogP contribution >= 0.6 is 0 Å². The number of methoxy groups -OCH3 is 1. The van der Waals surface area contributed by atoms with E-state index in [1.807, 2.05) is 0 Å². The lowest BCUT2D eigenvalue weighted by Crippen LogP contribution is -2.63. The summed E-state index contributed by atoms with van der Waals surface area (Å²) in [6.07, 6.45) is 1.15. The molecular weight excluding hydrogens is 248 g/mol. The highest BCUT2D eigenvalue weighted by Gasteiger charge is 2.39. The highest BCUT2D eigenvalue weighted by molar-refractivity contribution is 5.20. The lowest BCUT2D eigenvalue weighted by atomic mass is 9.89. The van der Waals surface area contributed by atoms with Crippen LogP contribution in [0.2, 0.25) is 0 Å². The number of hydrogen-bond donors (Lipinski definition) is 1. The number of nitrogens with one attached hydrogen (secondary N) is 1. The quantitative estimate of drug-likeness (QED) is 0.895. The molecule has 1 aromatic carbocycles. The first kappa shape index (κ1) is 15.5. The molecule has 1 heterocycles. The van der Waals surface area contributed by atoms with Gasteiger partial charge in [0.1, 0.15) is 0 Å². The number of hydrogen-bond acceptors (Lipinski definition) is 3. The van der Waals surface area contributed by atoms with Crippen LogP contribution in [0, 0.1) is 0 Å². The highest BCUT2D eigenvalue weighted by atomic mass is 16.5. The van der Waals surface area contributed by atoms with Gasteiger partial charge in [0.15, 0.2) is 0 Å². The Morgan fingerprint density at radius 1 is 1.40 bits per heavy atom. The smallest absolute Gasteiger partial charge is 0.0615 e. The first-order chi connectivity index (χ1) is 9.60. The fourth-order valence-electron chi connectivity index (χ4n) is 3.21. The third kappa shape index (κ3) is 3.22. The molecule has 0 aliphatic carbocycles. The van der Waals surface area contributed by atoms with Crippen molar-refractivity contribution in [3.63, 3.8) is 0 Å². The van der Waals surface area contributed by atoms with E-state index in [1.165, 1.54) is 5.56 Å². The van der Waals surface area contributed by atoms with Crippen molar-refractivity contribution >= 4 is 0 Å². The molecule has 0 saturated carbocycles. The van der Waals surface area contributed by atoms with Gasteiger partial charge in [0.2, 0.25) is 0 Å². The third-order valence-corrected chi connectivity index (χ3v) is 4.71. The molecule has 0 amide bonds. The van der Waals surface area contributed by atoms with Crippen LogP contribution in [-0.2, 0) is 4.74 Å². The first-order valence-electron chi connectivity index (χ1n) is 7.64. The molecule has 112 valence electrons. The van der Waals surface area contributed by atoms with E-state index in [-0.39, 0.29) is 5.54 Å². The molecule has 1 aromatic rings. The van der Waals surface area contributed by atoms with Gasteiger partial charge in [-0.1, -0.05) is 37.3 Å². The van der Waals surface area contributed by atoms with Crippen LogP contribution in [0.3, 0.4) is 0 Å². The monoisotopic (exact) mass is 276 g/mol. The van der Waals surface area contributed by atoms with Crippen molar-refractivity contribution in [2.75, 3.05) is 26.8 Å². The van der Waals surface area contributed by atoms with Crippen LogP contribution in [0.25, 0.3) is 0 Å². The molecule has 3 nitrogen and oxygen atoms in total. The fourth-order valence-corrected chi connectivity index (χ4v) is 3.21. The maximum Gasteiger partial charge on any atom is 0.0615 e. The fraction of sp³-hybridized carbons (Fsp3) is 0.647. The van der Waals surface area contributed by atoms with Crippen molar-refractivity contribution in [1.82, 2.24) is 10.2 Å². The number of piperazine rings is 1. The average molecular weight is 276 g/mol. The van der Waals surface area contributed by atoms with Gasteiger partial charge in [0.25, 0.3) is 0 Å². The van der Waals surface area contributed by atoms with Crippen LogP contribution in [0.1, 0.15) is 38.8 Å². The van der Waals surface area contributed by atoms with Crippen LogP contribution in [0.5, 0.6) is 0 Å². The summed E-state index contributed by atoms with van der Waals surface area (Å²) in [7, 11) is 1.79. The van der Waals surface area contributed by atoms with Gasteiger partial charge in [-0.15, -0.1) is 0 Å². The Labute approximate surface area is 123 Å². The first-order valence-corrected chi connectivity index (χ1v) is 7.64. The lowest BCUT2D eigenvalue weighted by molar-refractivity contribution is -0.0120. The molecule has 0 spiro atoms. The molecule has 1 N–H and O–H groups in total. The van der Waals surface area contributed by atoms with Gasteiger partial charge in [0, 0.05) is 37.8 Å². The van der Waals surface area contributed by atoms with E-state index in [0.717, 1.165) is 26.1 Å². The summed E-state index contributed by atoms with van der Waals surface area (Å²) in [5.74, 6) is 0. The lowest BCUT2D eigenvalue weighted by Gasteiger charge is -2.50. The summed E-state index contributed by atoms with van der Waals surface area (Å²) < 4.78 is 5.37. The van der Waals surface area contributed by atoms with E-state index in [1.54, 1.807) is 7.11 Å². The van der Waals surface area contributed by atoms with Crippen molar-refractivity contribution < 1.29 is 4.74 Å². The molecule has 0 bridgehead atoms. The number of ether oxygens (including phenoxy) is 1. The predicted molar refractivity (Wildman–Crippen MR) is 83.9 cm³/mol. The summed E-state index contributed by atoms with van der Waals surface area (Å²) in [4.78, 5) is 2.62. The van der Waals surface area contributed by atoms with Crippen molar-refractivity contribution in [2.45, 2.75) is 44.8 Å². The topological polar surface area (TPSA) is 24.5 Å². The van der Waals surface area contributed by atoms with Crippen LogP contribution in [-0.4, -0.2) is 43.3 Å². The molecule has 1 saturated heterocycles. The Hall–Kier alpha value is -0.900. The summed E-state index contributed by atoms with van der Waals surface area (Å²) in [5, 5.41) is 3.72. The van der Waals surface area contributed by atoms with E-state index < -0.39 is 0 Å². The van der Waals surface area contributed by atoms with Gasteiger partial charge in [-0.05, 0) is 25.8 Å². The summed E-state index contributed by atoms with van der Waals surface area (Å²) in [5.41, 5.74) is 1.59. The molecule has 3 atom stereocenters. The Kier molecular flexibility index (Phi) is 5.19. The minimum Gasteiger partial charge on any atom is -0.383 e. The Bertz CT molecular complexity index is 409. The van der Waals surface area contributed by atoms with Gasteiger partial charge in [-0.25, -0.2) is 0 Å². The highest BCUT2D eigenvalue weighted by Crippen LogP contribution is 2.30. The summed E-state index contributed by atoms with van der Waals surface area (Å²) in [6.45, 7) is 9.75. The molecule has 2 rings (SSSR count). The SMILES string of the molecule is CCC1(C)CNC(c2ccccc2)CN1C(C)COC. The molecule has 0 radical (unpaired) electrons. The Balaban J connectivity index is 2.16. The Morgan fingerprint density at radius 3 is 2.70 bits per heavy atom. The molecule has 1 fully saturated rings. The largest absolute Gasteiger partial charge is 0.383 e. The van der Waals surface area contributed by atoms with Gasteiger partial charge < -0.3 is 10.1 Å². The molecule has 0 aromatic heterocycles. The maximum absolute atomic E-state index is 5.37. The Morgan fingerprint density at radius 2 is 2.10 bits per heavy atom. The van der Waals surface area contributed by atoms with Crippen LogP contribution < -0.4 is 5.32 Å². The van der Waals surface area contributed by atoms with Gasteiger partial charge in [-0.2, -0.15) is 0 Å². The second-order valence-electron chi connectivity index (χ2n) is 6.15. The van der Waals surface area contributed by atoms with E-state index in [9.17, 15) is 0 Å². The van der Waals surface area contributed by atoms with Crippen molar-refractivity contribution in [1.29, 1.82) is 0 Å². The standard InChI is InChI=1S/C17H28N2O/c1-5-17(3)13-18-16(15-9-7-6-8-10-15)11-19(17)14(2)12-20-4/h6-10,14,16,18H,5,11-13H2,1-4H3. The zero-order chi connectivity index (χ0) is 14.6. The van der Waals surface area contributed by atoms with Crippen molar-refractivity contribution in [3.05, 3.63) is 35.9 Å². The van der Waals surface area contributed by atoms with Gasteiger partial charge >= 0.3 is 0 Å². The van der Waals surface area contributed by atoms with Crippen molar-refractivity contribution in [3.8, 4) is 0 Å². The normalized spacial score (nSPS) is 29.3. The van der Waals surface area contributed by atoms with Crippen LogP contribution in [0.4, 0.5) is 0 Å². The predicted octanol–water partition coefficient (Wildman–Crippen LogP) is 2.84. The molecule has 1 aliphatic rings. The van der Waals surface area contributed by atoms with E-state index in [2.05, 4.69) is 61.3 Å². The van der Waals surface area contributed by atoms with E-state index >= 15 is 0 Å². The minimum absolute atomic E-state index is 0.212. The van der Waals surface area contributed by atoms with Gasteiger partial charge in [0.05, 0.1) is 6.61 Å². The number of rotatable bonds is 5. The van der Waals surface area contributed by atoms with E-state index in [4.69, 9.17) is 4.74 Å². The number of benzene rings is 1. The van der Waals surface area contributed by atoms with Gasteiger partial charge in [-0.3, -0.25) is 4.90 Å². The maximum atomic E-state index is 5.37. The molecular formula is C17H28N2O. The minimum atomic E-state index is 0.212. The zero-order valence-electron chi connectivity index (χ0n) is 13.2. The second-order valence-corrected chi connectivity index (χ2v) is 6.15. The average Bonchev–Trinajstić information content (AvgIpc) is 2.49. The molecule has 3 unspecified atom stereocenters. The van der Waals surface area contributed by atoms with E-state index in [0.29, 0.717) is 12.1 Å². The second kappa shape index (κ2) is 6.70. The molecule has 3 heteroatoms. The number of nitrogens with zero attached hydrogens (tertiary/aromatic N) is 1. The summed E-state index contributed by atoms with van der Waals surface area (Å²) >= 11 is 0. The third-order valence-electron chi connectivity index (χ3n) is 4.71. The molecule has 1 aliphatic heterocycles. The van der Waals surface area contributed by atoms with Crippen LogP contribution in [0.15, 0.2) is 30.3 Å². The zero-order valence-corrected chi connectivity index (χ0v) is 13.2. The molecule has 20 heavy (non-hydrogen) atoms.